The SMILES string of the molecule is CC(C)(C)OC(=O)N[C@H]1CCCCCCCC2CC2(C(=O)O)NC(=O)[C@@H]2C[C@@H](Oc3nc4ccc(-c5nn[nH]n5)cc4nc3-c3cccs3)CN2C1=O. The Bertz CT molecular complexity index is 1980. The second-order valence-corrected chi connectivity index (χ2v) is 15.9. The molecule has 3 aromatic heterocycles. The van der Waals surface area contributed by atoms with Crippen molar-refractivity contribution in [1.29, 1.82) is 0 Å². The number of hydrogen-bond acceptors (Lipinski definition) is 12. The van der Waals surface area contributed by atoms with Crippen LogP contribution in [0.5, 0.6) is 5.88 Å². The fourth-order valence-corrected chi connectivity index (χ4v) is 7.98. The summed E-state index contributed by atoms with van der Waals surface area (Å²) in [7, 11) is 0. The summed E-state index contributed by atoms with van der Waals surface area (Å²) < 4.78 is 12.1. The number of H-pyrrole nitrogens is 1. The Hall–Kier alpha value is -5.19. The number of nitrogens with zero attached hydrogens (tertiary/aromatic N) is 6. The van der Waals surface area contributed by atoms with Crippen molar-refractivity contribution in [2.24, 2.45) is 5.92 Å². The molecule has 4 aromatic rings. The van der Waals surface area contributed by atoms with Crippen molar-refractivity contribution in [3.8, 4) is 27.8 Å². The first kappa shape index (κ1) is 36.2. The van der Waals surface area contributed by atoms with E-state index in [2.05, 4.69) is 31.3 Å². The number of carboxylic acids is 1. The van der Waals surface area contributed by atoms with Crippen LogP contribution in [-0.2, 0) is 19.1 Å². The monoisotopic (exact) mass is 745 g/mol. The third kappa shape index (κ3) is 7.94. The van der Waals surface area contributed by atoms with Gasteiger partial charge in [-0.15, -0.1) is 21.5 Å². The molecule has 1 saturated carbocycles. The molecule has 17 heteroatoms. The van der Waals surface area contributed by atoms with Crippen LogP contribution in [0.4, 0.5) is 4.79 Å². The van der Waals surface area contributed by atoms with E-state index in [1.54, 1.807) is 32.9 Å². The summed E-state index contributed by atoms with van der Waals surface area (Å²) in [4.78, 5) is 66.0. The molecule has 2 saturated heterocycles. The van der Waals surface area contributed by atoms with Gasteiger partial charge in [0.05, 0.1) is 22.5 Å². The smallest absolute Gasteiger partial charge is 0.408 e. The number of hydrogen-bond donors (Lipinski definition) is 4. The third-order valence-corrected chi connectivity index (χ3v) is 10.9. The Labute approximate surface area is 309 Å². The molecule has 16 nitrogen and oxygen atoms in total. The van der Waals surface area contributed by atoms with Crippen molar-refractivity contribution >= 4 is 46.2 Å². The van der Waals surface area contributed by atoms with Crippen LogP contribution in [0.15, 0.2) is 35.7 Å². The van der Waals surface area contributed by atoms with E-state index in [1.165, 1.54) is 16.2 Å². The molecule has 0 spiro atoms. The van der Waals surface area contributed by atoms with E-state index < -0.39 is 53.2 Å². The normalized spacial score (nSPS) is 25.4. The Morgan fingerprint density at radius 3 is 2.57 bits per heavy atom. The lowest BCUT2D eigenvalue weighted by atomic mass is 10.0. The summed E-state index contributed by atoms with van der Waals surface area (Å²) in [6, 6.07) is 7.14. The lowest BCUT2D eigenvalue weighted by Crippen LogP contribution is -2.56. The standard InChI is InChI=1S/C36H43N9O7S/c1-35(2,3)52-34(50)39-24-11-8-6-4-5-7-10-21-18-36(21,33(48)49)40-30(46)26-17-22(19-45(26)32(24)47)51-31-28(27-12-9-15-53-27)37-25-16-20(13-14-23(25)38-31)29-41-43-44-42-29/h9,12-16,21-22,24,26H,4-8,10-11,17-19H2,1-3H3,(H,39,50)(H,40,46)(H,48,49)(H,41,42,43,44)/t21?,22-,24+,26+,36?/m1/s1. The van der Waals surface area contributed by atoms with E-state index in [1.807, 2.05) is 23.6 Å². The van der Waals surface area contributed by atoms with Crippen LogP contribution in [-0.4, -0.2) is 100 Å². The van der Waals surface area contributed by atoms with Crippen LogP contribution in [0, 0.1) is 5.92 Å². The third-order valence-electron chi connectivity index (χ3n) is 9.98. The van der Waals surface area contributed by atoms with Crippen LogP contribution in [0.3, 0.4) is 0 Å². The Morgan fingerprint density at radius 2 is 1.85 bits per heavy atom. The van der Waals surface area contributed by atoms with Crippen molar-refractivity contribution < 1.29 is 33.8 Å². The van der Waals surface area contributed by atoms with Gasteiger partial charge in [-0.1, -0.05) is 38.2 Å². The minimum absolute atomic E-state index is 0.00666. The average Bonchev–Trinajstić information content (AvgIpc) is 3.62. The maximum atomic E-state index is 14.4. The first-order valence-electron chi connectivity index (χ1n) is 18.0. The summed E-state index contributed by atoms with van der Waals surface area (Å²) in [6.07, 6.45) is 4.17. The Balaban J connectivity index is 1.21. The number of carbonyl (C=O) groups excluding carboxylic acids is 3. The summed E-state index contributed by atoms with van der Waals surface area (Å²) in [6.45, 7) is 5.21. The molecule has 3 amide bonds. The number of aliphatic carboxylic acids is 1. The molecule has 280 valence electrons. The summed E-state index contributed by atoms with van der Waals surface area (Å²) in [5.41, 5.74) is 0.125. The highest BCUT2D eigenvalue weighted by atomic mass is 32.1. The van der Waals surface area contributed by atoms with Gasteiger partial charge in [0, 0.05) is 12.0 Å². The maximum absolute atomic E-state index is 14.4. The molecule has 4 N–H and O–H groups in total. The molecule has 7 rings (SSSR count). The van der Waals surface area contributed by atoms with Crippen LogP contribution < -0.4 is 15.4 Å². The molecule has 5 heterocycles. The van der Waals surface area contributed by atoms with E-state index >= 15 is 0 Å². The fraction of sp³-hybridized carbons (Fsp3) is 0.528. The molecule has 0 bridgehead atoms. The van der Waals surface area contributed by atoms with Crippen LogP contribution in [0.1, 0.15) is 78.6 Å². The van der Waals surface area contributed by atoms with Gasteiger partial charge < -0.3 is 30.1 Å². The zero-order valence-corrected chi connectivity index (χ0v) is 30.6. The second-order valence-electron chi connectivity index (χ2n) is 15.0. The number of rotatable bonds is 6. The van der Waals surface area contributed by atoms with E-state index in [-0.39, 0.29) is 24.8 Å². The number of aromatic nitrogens is 6. The number of fused-ring (bicyclic) bond motifs is 3. The lowest BCUT2D eigenvalue weighted by molar-refractivity contribution is -0.146. The minimum Gasteiger partial charge on any atom is -0.479 e. The van der Waals surface area contributed by atoms with E-state index in [9.17, 15) is 24.3 Å². The molecule has 1 aliphatic carbocycles. The van der Waals surface area contributed by atoms with Crippen molar-refractivity contribution in [3.05, 3.63) is 35.7 Å². The van der Waals surface area contributed by atoms with E-state index in [0.717, 1.165) is 30.6 Å². The van der Waals surface area contributed by atoms with E-state index in [0.29, 0.717) is 53.8 Å². The van der Waals surface area contributed by atoms with Gasteiger partial charge >= 0.3 is 12.1 Å². The molecule has 3 aliphatic rings. The van der Waals surface area contributed by atoms with Crippen LogP contribution in [0.2, 0.25) is 0 Å². The van der Waals surface area contributed by atoms with Gasteiger partial charge in [-0.2, -0.15) is 5.21 Å². The predicted octanol–water partition coefficient (Wildman–Crippen LogP) is 4.48. The van der Waals surface area contributed by atoms with Gasteiger partial charge in [0.1, 0.15) is 35.0 Å². The van der Waals surface area contributed by atoms with Gasteiger partial charge in [0.25, 0.3) is 0 Å². The largest absolute Gasteiger partial charge is 0.479 e. The van der Waals surface area contributed by atoms with Gasteiger partial charge in [0.2, 0.25) is 23.5 Å². The molecular weight excluding hydrogens is 703 g/mol. The minimum atomic E-state index is -1.38. The van der Waals surface area contributed by atoms with Gasteiger partial charge in [-0.3, -0.25) is 9.59 Å². The fourth-order valence-electron chi connectivity index (χ4n) is 7.28. The highest BCUT2D eigenvalue weighted by molar-refractivity contribution is 7.13. The first-order valence-corrected chi connectivity index (χ1v) is 18.9. The highest BCUT2D eigenvalue weighted by Gasteiger charge is 2.62. The predicted molar refractivity (Wildman–Crippen MR) is 193 cm³/mol. The summed E-state index contributed by atoms with van der Waals surface area (Å²) >= 11 is 1.46. The topological polar surface area (TPSA) is 215 Å². The number of aromatic amines is 1. The van der Waals surface area contributed by atoms with Crippen LogP contribution >= 0.6 is 11.3 Å². The van der Waals surface area contributed by atoms with Crippen molar-refractivity contribution in [3.63, 3.8) is 0 Å². The quantitative estimate of drug-likeness (QED) is 0.215. The molecular formula is C36H43N9O7S. The number of benzene rings is 1. The number of nitrogens with one attached hydrogen (secondary N) is 3. The van der Waals surface area contributed by atoms with Gasteiger partial charge in [0.15, 0.2) is 0 Å². The number of alkyl carbamates (subject to hydrolysis) is 1. The number of tetrazole rings is 1. The molecule has 2 unspecified atom stereocenters. The van der Waals surface area contributed by atoms with Gasteiger partial charge in [-0.05, 0) is 80.8 Å². The van der Waals surface area contributed by atoms with E-state index in [4.69, 9.17) is 19.4 Å². The molecule has 0 radical (unpaired) electrons. The summed E-state index contributed by atoms with van der Waals surface area (Å²) in [5.74, 6) is -1.67. The second kappa shape index (κ2) is 14.7. The first-order chi connectivity index (χ1) is 25.4. The maximum Gasteiger partial charge on any atom is 0.408 e. The molecule has 2 aliphatic heterocycles. The van der Waals surface area contributed by atoms with Crippen molar-refractivity contribution in [2.45, 2.75) is 108 Å². The molecule has 3 fully saturated rings. The Kier molecular flexibility index (Phi) is 10.0. The molecule has 5 atom stereocenters. The lowest BCUT2D eigenvalue weighted by Gasteiger charge is -2.30. The van der Waals surface area contributed by atoms with Crippen LogP contribution in [0.25, 0.3) is 33.0 Å². The molecule has 1 aromatic carbocycles. The number of carbonyl (C=O) groups is 4. The zero-order chi connectivity index (χ0) is 37.3. The number of carboxylic acid groups (broad SMARTS) is 1. The number of amides is 3. The number of ether oxygens (including phenoxy) is 2. The highest BCUT2D eigenvalue weighted by Crippen LogP contribution is 2.47. The van der Waals surface area contributed by atoms with Crippen molar-refractivity contribution in [2.75, 3.05) is 6.54 Å². The zero-order valence-electron chi connectivity index (χ0n) is 29.8. The average molecular weight is 746 g/mol. The Morgan fingerprint density at radius 1 is 1.06 bits per heavy atom. The van der Waals surface area contributed by atoms with Gasteiger partial charge in [-0.25, -0.2) is 19.6 Å². The van der Waals surface area contributed by atoms with Crippen molar-refractivity contribution in [1.82, 2.24) is 46.1 Å². The number of thiophene rings is 1. The molecule has 53 heavy (non-hydrogen) atoms. The summed E-state index contributed by atoms with van der Waals surface area (Å²) in [5, 5.41) is 32.0.